The zero-order valence-electron chi connectivity index (χ0n) is 14.1. The highest BCUT2D eigenvalue weighted by atomic mass is 19.4. The minimum Gasteiger partial charge on any atom is -0.480 e. The lowest BCUT2D eigenvalue weighted by atomic mass is 9.62. The molecule has 140 valence electrons. The summed E-state index contributed by atoms with van der Waals surface area (Å²) in [6.07, 6.45) is -1.93. The van der Waals surface area contributed by atoms with Crippen molar-refractivity contribution in [3.8, 4) is 0 Å². The number of fused-ring (bicyclic) bond motifs is 1. The Labute approximate surface area is 149 Å². The van der Waals surface area contributed by atoms with Crippen LogP contribution in [0.1, 0.15) is 31.2 Å². The average molecular weight is 367 g/mol. The maximum Gasteiger partial charge on any atom is 0.454 e. The normalized spacial score (nSPS) is 23.7. The molecule has 2 aliphatic carbocycles. The van der Waals surface area contributed by atoms with E-state index in [4.69, 9.17) is 0 Å². The van der Waals surface area contributed by atoms with E-state index in [1.165, 1.54) is 0 Å². The summed E-state index contributed by atoms with van der Waals surface area (Å²) in [5.41, 5.74) is 0.679. The minimum absolute atomic E-state index is 0.130. The molecule has 1 saturated carbocycles. The molecule has 0 aromatic heterocycles. The van der Waals surface area contributed by atoms with Crippen LogP contribution >= 0.6 is 0 Å². The van der Waals surface area contributed by atoms with Gasteiger partial charge in [0.25, 0.3) is 5.78 Å². The molecule has 1 fully saturated rings. The number of Topliss-reactive ketones (excluding diaryl/α,β-unsaturated/α-hetero) is 1. The van der Waals surface area contributed by atoms with Crippen LogP contribution < -0.4 is 5.32 Å². The van der Waals surface area contributed by atoms with Crippen LogP contribution in [-0.4, -0.2) is 29.1 Å². The summed E-state index contributed by atoms with van der Waals surface area (Å²) in [5.74, 6) is -3.58. The van der Waals surface area contributed by atoms with Gasteiger partial charge in [-0.25, -0.2) is 4.79 Å². The highest BCUT2D eigenvalue weighted by molar-refractivity contribution is 6.02. The minimum atomic E-state index is -4.94. The van der Waals surface area contributed by atoms with Gasteiger partial charge in [-0.05, 0) is 24.3 Å². The first-order valence-electron chi connectivity index (χ1n) is 8.68. The lowest BCUT2D eigenvalue weighted by molar-refractivity contribution is -0.168. The van der Waals surface area contributed by atoms with Crippen LogP contribution in [0.25, 0.3) is 0 Å². The number of benzene rings is 1. The van der Waals surface area contributed by atoms with Crippen molar-refractivity contribution in [1.29, 1.82) is 0 Å². The Bertz CT molecular complexity index is 727. The van der Waals surface area contributed by atoms with Gasteiger partial charge in [0.2, 0.25) is 0 Å². The first-order valence-corrected chi connectivity index (χ1v) is 8.68. The molecular weight excluding hydrogens is 347 g/mol. The molecule has 0 bridgehead atoms. The molecule has 2 N–H and O–H groups in total. The summed E-state index contributed by atoms with van der Waals surface area (Å²) in [4.78, 5) is 23.5. The highest BCUT2D eigenvalue weighted by Crippen LogP contribution is 2.50. The number of nitrogens with one attached hydrogen (secondary N) is 1. The molecule has 3 unspecified atom stereocenters. The molecule has 4 nitrogen and oxygen atoms in total. The van der Waals surface area contributed by atoms with E-state index in [0.29, 0.717) is 12.8 Å². The van der Waals surface area contributed by atoms with E-state index in [-0.39, 0.29) is 23.6 Å². The Morgan fingerprint density at radius 3 is 2.31 bits per heavy atom. The van der Waals surface area contributed by atoms with Crippen molar-refractivity contribution < 1.29 is 27.9 Å². The molecule has 7 heteroatoms. The van der Waals surface area contributed by atoms with Crippen LogP contribution in [-0.2, 0) is 16.0 Å². The second-order valence-corrected chi connectivity index (χ2v) is 6.88. The van der Waals surface area contributed by atoms with E-state index < -0.39 is 29.9 Å². The maximum atomic E-state index is 13.0. The summed E-state index contributed by atoms with van der Waals surface area (Å²) in [7, 11) is 0. The number of hydrogen-bond acceptors (Lipinski definition) is 3. The number of carbonyl (C=O) groups is 2. The summed E-state index contributed by atoms with van der Waals surface area (Å²) >= 11 is 0. The highest BCUT2D eigenvalue weighted by Gasteiger charge is 2.52. The molecule has 2 aliphatic rings. The summed E-state index contributed by atoms with van der Waals surface area (Å²) in [6.45, 7) is 0. The Hall–Kier alpha value is -2.31. The van der Waals surface area contributed by atoms with Crippen LogP contribution in [0.15, 0.2) is 41.6 Å². The van der Waals surface area contributed by atoms with E-state index in [9.17, 15) is 27.9 Å². The SMILES string of the molecule is O=C(O)C(Cc1ccccc1)NC1=C(C(=O)C(F)(F)F)C2CCCCC12. The van der Waals surface area contributed by atoms with Crippen LogP contribution in [0, 0.1) is 11.8 Å². The van der Waals surface area contributed by atoms with Gasteiger partial charge in [0.15, 0.2) is 0 Å². The van der Waals surface area contributed by atoms with Crippen molar-refractivity contribution >= 4 is 11.8 Å². The van der Waals surface area contributed by atoms with Gasteiger partial charge < -0.3 is 10.4 Å². The zero-order valence-corrected chi connectivity index (χ0v) is 14.1. The molecule has 0 radical (unpaired) electrons. The molecule has 3 rings (SSSR count). The molecule has 0 aliphatic heterocycles. The van der Waals surface area contributed by atoms with Crippen molar-refractivity contribution in [3.05, 3.63) is 47.2 Å². The fraction of sp³-hybridized carbons (Fsp3) is 0.474. The van der Waals surface area contributed by atoms with Gasteiger partial charge in [0, 0.05) is 23.6 Å². The topological polar surface area (TPSA) is 66.4 Å². The molecular formula is C19H20F3NO3. The lowest BCUT2D eigenvalue weighted by Crippen LogP contribution is -2.50. The van der Waals surface area contributed by atoms with Gasteiger partial charge in [-0.15, -0.1) is 0 Å². The van der Waals surface area contributed by atoms with E-state index in [1.807, 2.05) is 0 Å². The second kappa shape index (κ2) is 7.13. The largest absolute Gasteiger partial charge is 0.480 e. The number of carboxylic acids is 1. The predicted octanol–water partition coefficient (Wildman–Crippen LogP) is 3.48. The predicted molar refractivity (Wildman–Crippen MR) is 88.2 cm³/mol. The van der Waals surface area contributed by atoms with Crippen LogP contribution in [0.5, 0.6) is 0 Å². The number of allylic oxidation sites excluding steroid dienone is 2. The number of carbonyl (C=O) groups excluding carboxylic acids is 1. The van der Waals surface area contributed by atoms with Crippen molar-refractivity contribution in [2.75, 3.05) is 0 Å². The summed E-state index contributed by atoms with van der Waals surface area (Å²) < 4.78 is 38.9. The maximum absolute atomic E-state index is 13.0. The molecule has 3 atom stereocenters. The third kappa shape index (κ3) is 3.61. The second-order valence-electron chi connectivity index (χ2n) is 6.88. The molecule has 26 heavy (non-hydrogen) atoms. The number of carboxylic acid groups (broad SMARTS) is 1. The first kappa shape index (κ1) is 18.5. The van der Waals surface area contributed by atoms with Crippen molar-refractivity contribution in [3.63, 3.8) is 0 Å². The van der Waals surface area contributed by atoms with E-state index in [1.54, 1.807) is 30.3 Å². The standard InChI is InChI=1S/C19H20F3NO3/c20-19(21,22)17(24)15-12-8-4-5-9-13(12)16(15)23-14(18(25)26)10-11-6-2-1-3-7-11/h1-3,6-7,12-14,23H,4-5,8-10H2,(H,25,26). The Morgan fingerprint density at radius 1 is 1.12 bits per heavy atom. The summed E-state index contributed by atoms with van der Waals surface area (Å²) in [6, 6.07) is 7.79. The van der Waals surface area contributed by atoms with E-state index in [0.717, 1.165) is 18.4 Å². The van der Waals surface area contributed by atoms with Crippen LogP contribution in [0.2, 0.25) is 0 Å². The van der Waals surface area contributed by atoms with Crippen molar-refractivity contribution in [2.24, 2.45) is 11.8 Å². The van der Waals surface area contributed by atoms with Gasteiger partial charge in [0.1, 0.15) is 6.04 Å². The smallest absolute Gasteiger partial charge is 0.454 e. The van der Waals surface area contributed by atoms with E-state index in [2.05, 4.69) is 5.32 Å². The van der Waals surface area contributed by atoms with Gasteiger partial charge in [0.05, 0.1) is 0 Å². The van der Waals surface area contributed by atoms with Gasteiger partial charge in [-0.1, -0.05) is 43.2 Å². The number of alkyl halides is 3. The molecule has 0 saturated heterocycles. The molecule has 1 aromatic carbocycles. The van der Waals surface area contributed by atoms with Gasteiger partial charge in [-0.3, -0.25) is 4.79 Å². The summed E-state index contributed by atoms with van der Waals surface area (Å²) in [5, 5.41) is 12.3. The fourth-order valence-corrected chi connectivity index (χ4v) is 3.99. The van der Waals surface area contributed by atoms with Crippen LogP contribution in [0.4, 0.5) is 13.2 Å². The molecule has 0 spiro atoms. The molecule has 1 aromatic rings. The molecule has 0 heterocycles. The Kier molecular flexibility index (Phi) is 5.07. The Morgan fingerprint density at radius 2 is 1.73 bits per heavy atom. The van der Waals surface area contributed by atoms with Gasteiger partial charge in [-0.2, -0.15) is 13.2 Å². The average Bonchev–Trinajstić information content (AvgIpc) is 2.58. The van der Waals surface area contributed by atoms with Crippen molar-refractivity contribution in [2.45, 2.75) is 44.3 Å². The number of hydrogen-bond donors (Lipinski definition) is 2. The number of rotatable bonds is 6. The third-order valence-electron chi connectivity index (χ3n) is 5.21. The van der Waals surface area contributed by atoms with E-state index >= 15 is 0 Å². The zero-order chi connectivity index (χ0) is 18.9. The Balaban J connectivity index is 1.87. The third-order valence-corrected chi connectivity index (χ3v) is 5.21. The molecule has 0 amide bonds. The first-order chi connectivity index (χ1) is 12.3. The number of aliphatic carboxylic acids is 1. The van der Waals surface area contributed by atoms with Crippen LogP contribution in [0.3, 0.4) is 0 Å². The van der Waals surface area contributed by atoms with Gasteiger partial charge >= 0.3 is 12.1 Å². The lowest BCUT2D eigenvalue weighted by Gasteiger charge is -2.45. The van der Waals surface area contributed by atoms with Crippen molar-refractivity contribution in [1.82, 2.24) is 5.32 Å². The monoisotopic (exact) mass is 367 g/mol. The quantitative estimate of drug-likeness (QED) is 0.808. The fourth-order valence-electron chi connectivity index (χ4n) is 3.99. The number of halogens is 3. The number of ketones is 1.